The van der Waals surface area contributed by atoms with Crippen LogP contribution >= 0.6 is 0 Å². The molecule has 4 nitrogen and oxygen atoms in total. The lowest BCUT2D eigenvalue weighted by Crippen LogP contribution is -2.46. The maximum Gasteiger partial charge on any atom is 0.155 e. The van der Waals surface area contributed by atoms with Crippen molar-refractivity contribution in [2.75, 3.05) is 14.1 Å². The van der Waals surface area contributed by atoms with Crippen LogP contribution in [0.3, 0.4) is 0 Å². The van der Waals surface area contributed by atoms with Crippen LogP contribution in [0.1, 0.15) is 48.0 Å². The molecule has 4 atom stereocenters. The zero-order valence-electron chi connectivity index (χ0n) is 13.2. The number of aliphatic hydroxyl groups is 1. The van der Waals surface area contributed by atoms with Gasteiger partial charge in [-0.05, 0) is 26.9 Å². The topological polar surface area (TPSA) is 49.8 Å². The molecule has 1 aliphatic rings. The average molecular weight is 261 g/mol. The van der Waals surface area contributed by atoms with Crippen molar-refractivity contribution in [3.8, 4) is 0 Å². The molecule has 0 aliphatic carbocycles. The van der Waals surface area contributed by atoms with Crippen LogP contribution in [-0.2, 0) is 9.53 Å². The molecule has 2 unspecified atom stereocenters. The molecule has 0 radical (unpaired) electrons. The molecular weight excluding hydrogens is 230 g/mol. The van der Waals surface area contributed by atoms with Gasteiger partial charge in [0.25, 0.3) is 0 Å². The minimum absolute atomic E-state index is 0.0842. The molecule has 110 valence electrons. The second-order valence-corrected chi connectivity index (χ2v) is 4.29. The number of carbonyl (C=O) groups excluding carboxylic acids is 1. The van der Waals surface area contributed by atoms with E-state index in [9.17, 15) is 9.90 Å². The van der Waals surface area contributed by atoms with Gasteiger partial charge in [0.1, 0.15) is 5.78 Å². The summed E-state index contributed by atoms with van der Waals surface area (Å²) in [6, 6.07) is -0.248. The highest BCUT2D eigenvalue weighted by atomic mass is 16.6. The highest BCUT2D eigenvalue weighted by Gasteiger charge is 2.39. The maximum absolute atomic E-state index is 11.4. The molecule has 18 heavy (non-hydrogen) atoms. The molecule has 0 aromatic carbocycles. The van der Waals surface area contributed by atoms with Crippen LogP contribution in [0.2, 0.25) is 0 Å². The number of likely N-dealkylation sites (N-methyl/N-ethyl adjacent to an activating group) is 1. The summed E-state index contributed by atoms with van der Waals surface area (Å²) in [6.45, 7) is 11.6. The molecule has 0 spiro atoms. The summed E-state index contributed by atoms with van der Waals surface area (Å²) >= 11 is 0. The first-order chi connectivity index (χ1) is 8.43. The zero-order valence-corrected chi connectivity index (χ0v) is 13.2. The first kappa shape index (κ1) is 19.9. The number of nitrogens with zero attached hydrogens (tertiary/aromatic N) is 1. The van der Waals surface area contributed by atoms with Gasteiger partial charge in [-0.2, -0.15) is 0 Å². The van der Waals surface area contributed by atoms with Gasteiger partial charge in [-0.1, -0.05) is 34.6 Å². The van der Waals surface area contributed by atoms with Gasteiger partial charge in [-0.3, -0.25) is 9.69 Å². The van der Waals surface area contributed by atoms with Gasteiger partial charge >= 0.3 is 0 Å². The van der Waals surface area contributed by atoms with Crippen LogP contribution in [0.5, 0.6) is 0 Å². The van der Waals surface area contributed by atoms with Crippen molar-refractivity contribution < 1.29 is 14.6 Å². The fourth-order valence-corrected chi connectivity index (χ4v) is 2.10. The fraction of sp³-hybridized carbons (Fsp3) is 0.929. The van der Waals surface area contributed by atoms with Crippen molar-refractivity contribution in [2.24, 2.45) is 5.92 Å². The second-order valence-electron chi connectivity index (χ2n) is 4.29. The number of ether oxygens (including phenoxy) is 1. The normalized spacial score (nSPS) is 27.8. The molecule has 0 saturated carbocycles. The second kappa shape index (κ2) is 10.5. The number of carbonyl (C=O) groups is 1. The Labute approximate surface area is 112 Å². The van der Waals surface area contributed by atoms with Crippen LogP contribution in [0.15, 0.2) is 0 Å². The first-order valence-corrected chi connectivity index (χ1v) is 6.94. The Morgan fingerprint density at radius 1 is 1.28 bits per heavy atom. The Morgan fingerprint density at radius 3 is 1.94 bits per heavy atom. The van der Waals surface area contributed by atoms with E-state index in [-0.39, 0.29) is 23.8 Å². The van der Waals surface area contributed by atoms with Crippen molar-refractivity contribution in [1.29, 1.82) is 0 Å². The van der Waals surface area contributed by atoms with E-state index in [0.717, 1.165) is 0 Å². The van der Waals surface area contributed by atoms with Gasteiger partial charge in [0.15, 0.2) is 6.29 Å². The molecular formula is C14H31NO3. The van der Waals surface area contributed by atoms with E-state index in [4.69, 9.17) is 4.74 Å². The van der Waals surface area contributed by atoms with Crippen LogP contribution in [0, 0.1) is 5.92 Å². The zero-order chi connectivity index (χ0) is 14.9. The first-order valence-electron chi connectivity index (χ1n) is 6.94. The summed E-state index contributed by atoms with van der Waals surface area (Å²) in [5.74, 6) is 0.308. The van der Waals surface area contributed by atoms with Crippen molar-refractivity contribution in [2.45, 2.75) is 66.4 Å². The predicted octanol–water partition coefficient (Wildman–Crippen LogP) is 2.30. The number of ketones is 1. The van der Waals surface area contributed by atoms with Crippen LogP contribution < -0.4 is 0 Å². The number of Topliss-reactive ketones (excluding diaryl/α,β-unsaturated/α-hetero) is 1. The summed E-state index contributed by atoms with van der Waals surface area (Å²) in [6.07, 6.45) is -0.281. The van der Waals surface area contributed by atoms with E-state index in [2.05, 4.69) is 0 Å². The maximum atomic E-state index is 11.4. The molecule has 0 aromatic rings. The third-order valence-electron chi connectivity index (χ3n) is 2.73. The third kappa shape index (κ3) is 5.94. The monoisotopic (exact) mass is 261 g/mol. The Hall–Kier alpha value is -0.450. The van der Waals surface area contributed by atoms with Gasteiger partial charge in [0.2, 0.25) is 0 Å². The van der Waals surface area contributed by atoms with Crippen molar-refractivity contribution in [3.63, 3.8) is 0 Å². The highest BCUT2D eigenvalue weighted by Crippen LogP contribution is 2.28. The number of hydrogen-bond donors (Lipinski definition) is 1. The summed E-state index contributed by atoms with van der Waals surface area (Å²) in [5.41, 5.74) is 0. The van der Waals surface area contributed by atoms with E-state index in [1.807, 2.05) is 53.6 Å². The Morgan fingerprint density at radius 2 is 1.72 bits per heavy atom. The molecule has 4 heteroatoms. The minimum Gasteiger partial charge on any atom is -0.368 e. The predicted molar refractivity (Wildman–Crippen MR) is 75.5 cm³/mol. The molecule has 0 amide bonds. The van der Waals surface area contributed by atoms with Crippen molar-refractivity contribution in [3.05, 3.63) is 0 Å². The standard InChI is InChI=1S/C10H19NO3.2C2H6/c1-6-5-8(13)14-10(6)9(7(2)12)11(3)4;2*1-2/h6,8-10,13H,5H2,1-4H3;2*1-2H3/t6-,8?,9-,10?;;/m1../s1. The average Bonchev–Trinajstić information content (AvgIpc) is 2.63. The Kier molecular flexibility index (Phi) is 11.6. The fourth-order valence-electron chi connectivity index (χ4n) is 2.10. The summed E-state index contributed by atoms with van der Waals surface area (Å²) in [4.78, 5) is 13.3. The van der Waals surface area contributed by atoms with Crippen molar-refractivity contribution in [1.82, 2.24) is 4.90 Å². The summed E-state index contributed by atoms with van der Waals surface area (Å²) in [5, 5.41) is 9.33. The largest absolute Gasteiger partial charge is 0.368 e. The van der Waals surface area contributed by atoms with E-state index >= 15 is 0 Å². The van der Waals surface area contributed by atoms with Gasteiger partial charge in [0.05, 0.1) is 12.1 Å². The molecule has 1 saturated heterocycles. The highest BCUT2D eigenvalue weighted by molar-refractivity contribution is 5.82. The Bertz CT molecular complexity index is 219. The molecule has 1 rings (SSSR count). The smallest absolute Gasteiger partial charge is 0.155 e. The molecule has 0 bridgehead atoms. The lowest BCUT2D eigenvalue weighted by Gasteiger charge is -2.29. The van der Waals surface area contributed by atoms with Gasteiger partial charge in [0, 0.05) is 6.42 Å². The number of aliphatic hydroxyl groups excluding tert-OH is 1. The quantitative estimate of drug-likeness (QED) is 0.847. The van der Waals surface area contributed by atoms with Gasteiger partial charge in [-0.25, -0.2) is 0 Å². The number of hydrogen-bond acceptors (Lipinski definition) is 4. The summed E-state index contributed by atoms with van der Waals surface area (Å²) in [7, 11) is 3.71. The van der Waals surface area contributed by atoms with E-state index in [1.54, 1.807) is 6.92 Å². The number of rotatable bonds is 3. The lowest BCUT2D eigenvalue weighted by atomic mass is 9.94. The van der Waals surface area contributed by atoms with E-state index < -0.39 is 6.29 Å². The SMILES string of the molecule is CC.CC.CC(=O)[C@H](C1OC(O)C[C@H]1C)N(C)C. The lowest BCUT2D eigenvalue weighted by molar-refractivity contribution is -0.137. The van der Waals surface area contributed by atoms with Gasteiger partial charge in [-0.15, -0.1) is 0 Å². The molecule has 1 heterocycles. The molecule has 1 N–H and O–H groups in total. The summed E-state index contributed by atoms with van der Waals surface area (Å²) < 4.78 is 5.35. The molecule has 1 fully saturated rings. The minimum atomic E-state index is -0.711. The van der Waals surface area contributed by atoms with Crippen LogP contribution in [0.25, 0.3) is 0 Å². The van der Waals surface area contributed by atoms with Crippen LogP contribution in [-0.4, -0.2) is 48.3 Å². The molecule has 1 aliphatic heterocycles. The van der Waals surface area contributed by atoms with Gasteiger partial charge < -0.3 is 9.84 Å². The third-order valence-corrected chi connectivity index (χ3v) is 2.73. The van der Waals surface area contributed by atoms with E-state index in [0.29, 0.717) is 6.42 Å². The molecule has 0 aromatic heterocycles. The van der Waals surface area contributed by atoms with Crippen LogP contribution in [0.4, 0.5) is 0 Å². The Balaban J connectivity index is 0. The van der Waals surface area contributed by atoms with E-state index in [1.165, 1.54) is 0 Å². The van der Waals surface area contributed by atoms with Crippen molar-refractivity contribution >= 4 is 5.78 Å².